The Balaban J connectivity index is 2.31. The predicted molar refractivity (Wildman–Crippen MR) is 75.1 cm³/mol. The molecule has 0 saturated carbocycles. The van der Waals surface area contributed by atoms with E-state index in [1.54, 1.807) is 18.2 Å². The molecule has 0 aliphatic carbocycles. The first kappa shape index (κ1) is 14.6. The standard InChI is InChI=1S/C14H9Cl3F2/c15-9-4-2-5-10(16)13(9)11(17)7-8-3-1-6-12(18)14(8)19/h1-6,11H,7H2. The number of hydrogen-bond acceptors (Lipinski definition) is 0. The van der Waals surface area contributed by atoms with Gasteiger partial charge in [0.2, 0.25) is 0 Å². The Labute approximate surface area is 124 Å². The molecule has 2 rings (SSSR count). The van der Waals surface area contributed by atoms with Crippen molar-refractivity contribution in [2.45, 2.75) is 11.8 Å². The van der Waals surface area contributed by atoms with Crippen molar-refractivity contribution in [3.63, 3.8) is 0 Å². The van der Waals surface area contributed by atoms with Gasteiger partial charge < -0.3 is 0 Å². The third-order valence-corrected chi connectivity index (χ3v) is 3.78. The topological polar surface area (TPSA) is 0 Å². The van der Waals surface area contributed by atoms with Gasteiger partial charge in [-0.15, -0.1) is 11.6 Å². The molecule has 1 unspecified atom stereocenters. The van der Waals surface area contributed by atoms with Crippen LogP contribution in [0.2, 0.25) is 10.0 Å². The molecule has 100 valence electrons. The van der Waals surface area contributed by atoms with E-state index in [2.05, 4.69) is 0 Å². The van der Waals surface area contributed by atoms with Crippen LogP contribution in [0.5, 0.6) is 0 Å². The van der Waals surface area contributed by atoms with E-state index in [9.17, 15) is 8.78 Å². The van der Waals surface area contributed by atoms with Crippen molar-refractivity contribution < 1.29 is 8.78 Å². The van der Waals surface area contributed by atoms with Crippen LogP contribution >= 0.6 is 34.8 Å². The fraction of sp³-hybridized carbons (Fsp3) is 0.143. The third kappa shape index (κ3) is 3.19. The van der Waals surface area contributed by atoms with Crippen LogP contribution in [0, 0.1) is 11.6 Å². The van der Waals surface area contributed by atoms with E-state index in [4.69, 9.17) is 34.8 Å². The fourth-order valence-electron chi connectivity index (χ4n) is 1.81. The second-order valence-corrected chi connectivity index (χ2v) is 5.36. The smallest absolute Gasteiger partial charge is 0.162 e. The normalized spacial score (nSPS) is 12.5. The molecule has 0 amide bonds. The van der Waals surface area contributed by atoms with Gasteiger partial charge in [0.25, 0.3) is 0 Å². The molecule has 5 heteroatoms. The average Bonchev–Trinajstić information content (AvgIpc) is 2.35. The molecular formula is C14H9Cl3F2. The Hall–Kier alpha value is -0.830. The van der Waals surface area contributed by atoms with Gasteiger partial charge in [-0.3, -0.25) is 0 Å². The molecule has 2 aromatic rings. The lowest BCUT2D eigenvalue weighted by atomic mass is 10.0. The van der Waals surface area contributed by atoms with Gasteiger partial charge in [-0.1, -0.05) is 41.4 Å². The SMILES string of the molecule is Fc1cccc(CC(Cl)c2c(Cl)cccc2Cl)c1F. The Morgan fingerprint density at radius 3 is 2.16 bits per heavy atom. The Bertz CT molecular complexity index is 579. The highest BCUT2D eigenvalue weighted by molar-refractivity contribution is 6.37. The summed E-state index contributed by atoms with van der Waals surface area (Å²) in [6, 6.07) is 8.98. The molecule has 0 fully saturated rings. The average molecular weight is 322 g/mol. The van der Waals surface area contributed by atoms with E-state index in [0.29, 0.717) is 15.6 Å². The third-order valence-electron chi connectivity index (χ3n) is 2.74. The molecule has 0 aliphatic heterocycles. The number of benzene rings is 2. The van der Waals surface area contributed by atoms with Gasteiger partial charge in [-0.2, -0.15) is 0 Å². The highest BCUT2D eigenvalue weighted by Gasteiger charge is 2.18. The Morgan fingerprint density at radius 1 is 0.947 bits per heavy atom. The van der Waals surface area contributed by atoms with Crippen LogP contribution in [0.4, 0.5) is 8.78 Å². The first-order valence-corrected chi connectivity index (χ1v) is 6.71. The van der Waals surface area contributed by atoms with E-state index < -0.39 is 17.0 Å². The molecule has 1 atom stereocenters. The van der Waals surface area contributed by atoms with Crippen LogP contribution in [0.25, 0.3) is 0 Å². The van der Waals surface area contributed by atoms with Crippen LogP contribution in [-0.4, -0.2) is 0 Å². The molecule has 0 nitrogen and oxygen atoms in total. The van der Waals surface area contributed by atoms with Gasteiger partial charge in [0.1, 0.15) is 0 Å². The van der Waals surface area contributed by atoms with Gasteiger partial charge in [0.15, 0.2) is 11.6 Å². The van der Waals surface area contributed by atoms with Gasteiger partial charge in [0, 0.05) is 15.6 Å². The predicted octanol–water partition coefficient (Wildman–Crippen LogP) is 5.79. The Kier molecular flexibility index (Phi) is 4.67. The summed E-state index contributed by atoms with van der Waals surface area (Å²) >= 11 is 18.3. The van der Waals surface area contributed by atoms with E-state index in [1.165, 1.54) is 12.1 Å². The van der Waals surface area contributed by atoms with Crippen LogP contribution in [-0.2, 0) is 6.42 Å². The van der Waals surface area contributed by atoms with Gasteiger partial charge in [0.05, 0.1) is 5.38 Å². The number of halogens is 5. The molecule has 0 bridgehead atoms. The summed E-state index contributed by atoms with van der Waals surface area (Å²) in [5, 5.41) is 0.186. The minimum atomic E-state index is -0.897. The maximum atomic E-state index is 13.6. The van der Waals surface area contributed by atoms with Crippen LogP contribution in [0.3, 0.4) is 0 Å². The van der Waals surface area contributed by atoms with E-state index >= 15 is 0 Å². The maximum absolute atomic E-state index is 13.6. The molecular weight excluding hydrogens is 313 g/mol. The lowest BCUT2D eigenvalue weighted by Crippen LogP contribution is -2.01. The van der Waals surface area contributed by atoms with Crippen molar-refractivity contribution >= 4 is 34.8 Å². The van der Waals surface area contributed by atoms with Gasteiger partial charge in [-0.05, 0) is 30.2 Å². The van der Waals surface area contributed by atoms with Crippen molar-refractivity contribution in [1.29, 1.82) is 0 Å². The molecule has 0 radical (unpaired) electrons. The van der Waals surface area contributed by atoms with Crippen molar-refractivity contribution in [2.75, 3.05) is 0 Å². The number of hydrogen-bond donors (Lipinski definition) is 0. The molecule has 0 spiro atoms. The first-order chi connectivity index (χ1) is 9.00. The summed E-state index contributed by atoms with van der Waals surface area (Å²) in [6.07, 6.45) is 0.106. The summed E-state index contributed by atoms with van der Waals surface area (Å²) in [5.74, 6) is -1.79. The zero-order valence-electron chi connectivity index (χ0n) is 9.64. The van der Waals surface area contributed by atoms with E-state index in [-0.39, 0.29) is 12.0 Å². The molecule has 2 aromatic carbocycles. The fourth-order valence-corrected chi connectivity index (χ4v) is 2.99. The summed E-state index contributed by atoms with van der Waals surface area (Å²) in [5.41, 5.74) is 0.715. The van der Waals surface area contributed by atoms with Crippen molar-refractivity contribution in [3.8, 4) is 0 Å². The number of alkyl halides is 1. The summed E-state index contributed by atoms with van der Waals surface area (Å²) in [7, 11) is 0. The second kappa shape index (κ2) is 6.08. The summed E-state index contributed by atoms with van der Waals surface area (Å²) < 4.78 is 26.7. The highest BCUT2D eigenvalue weighted by Crippen LogP contribution is 2.36. The monoisotopic (exact) mass is 320 g/mol. The highest BCUT2D eigenvalue weighted by atomic mass is 35.5. The van der Waals surface area contributed by atoms with Crippen molar-refractivity contribution in [2.24, 2.45) is 0 Å². The minimum absolute atomic E-state index is 0.106. The van der Waals surface area contributed by atoms with Crippen LogP contribution < -0.4 is 0 Å². The lowest BCUT2D eigenvalue weighted by Gasteiger charge is -2.14. The lowest BCUT2D eigenvalue weighted by molar-refractivity contribution is 0.498. The minimum Gasteiger partial charge on any atom is -0.204 e. The Morgan fingerprint density at radius 2 is 1.53 bits per heavy atom. The summed E-state index contributed by atoms with van der Waals surface area (Å²) in [4.78, 5) is 0. The van der Waals surface area contributed by atoms with Crippen molar-refractivity contribution in [1.82, 2.24) is 0 Å². The van der Waals surface area contributed by atoms with Crippen LogP contribution in [0.15, 0.2) is 36.4 Å². The van der Waals surface area contributed by atoms with E-state index in [0.717, 1.165) is 6.07 Å². The quantitative estimate of drug-likeness (QED) is 0.627. The molecule has 0 aromatic heterocycles. The number of rotatable bonds is 3. The van der Waals surface area contributed by atoms with E-state index in [1.807, 2.05) is 0 Å². The molecule has 0 aliphatic rings. The first-order valence-electron chi connectivity index (χ1n) is 5.51. The zero-order chi connectivity index (χ0) is 14.0. The zero-order valence-corrected chi connectivity index (χ0v) is 11.9. The second-order valence-electron chi connectivity index (χ2n) is 4.02. The maximum Gasteiger partial charge on any atom is 0.162 e. The van der Waals surface area contributed by atoms with Crippen molar-refractivity contribution in [3.05, 3.63) is 69.2 Å². The largest absolute Gasteiger partial charge is 0.204 e. The molecule has 0 N–H and O–H groups in total. The van der Waals surface area contributed by atoms with Crippen LogP contribution in [0.1, 0.15) is 16.5 Å². The molecule has 0 saturated heterocycles. The summed E-state index contributed by atoms with van der Waals surface area (Å²) in [6.45, 7) is 0. The van der Waals surface area contributed by atoms with Gasteiger partial charge >= 0.3 is 0 Å². The molecule has 19 heavy (non-hydrogen) atoms. The molecule has 0 heterocycles. The van der Waals surface area contributed by atoms with Gasteiger partial charge in [-0.25, -0.2) is 8.78 Å².